The largest absolute Gasteiger partial charge is 0.504 e. The van der Waals surface area contributed by atoms with Crippen molar-refractivity contribution in [3.63, 3.8) is 0 Å². The first-order valence-corrected chi connectivity index (χ1v) is 32.0. The molecule has 3 saturated heterocycles. The molecule has 0 spiro atoms. The molecule has 5 aromatic rings. The third kappa shape index (κ3) is 18.9. The summed E-state index contributed by atoms with van der Waals surface area (Å²) in [7, 11) is 1.60. The van der Waals surface area contributed by atoms with E-state index in [1.54, 1.807) is 19.2 Å². The molecule has 0 bridgehead atoms. The zero-order valence-electron chi connectivity index (χ0n) is 52.2. The van der Waals surface area contributed by atoms with E-state index in [2.05, 4.69) is 51.5 Å². The maximum absolute atomic E-state index is 15.0. The van der Waals surface area contributed by atoms with Gasteiger partial charge in [-0.25, -0.2) is 5.26 Å². The van der Waals surface area contributed by atoms with E-state index in [1.807, 2.05) is 48.5 Å². The van der Waals surface area contributed by atoms with Crippen LogP contribution in [-0.2, 0) is 49.3 Å². The van der Waals surface area contributed by atoms with Crippen LogP contribution >= 0.6 is 23.7 Å². The van der Waals surface area contributed by atoms with Crippen molar-refractivity contribution in [2.24, 2.45) is 5.92 Å². The van der Waals surface area contributed by atoms with Gasteiger partial charge in [-0.3, -0.25) is 33.6 Å². The lowest BCUT2D eigenvalue weighted by Gasteiger charge is -2.34. The molecule has 4 heterocycles. The Hall–Kier alpha value is -8.04. The minimum Gasteiger partial charge on any atom is -0.504 e. The highest BCUT2D eigenvalue weighted by atomic mass is 32.2. The Balaban J connectivity index is 1.07. The summed E-state index contributed by atoms with van der Waals surface area (Å²) in [5.41, 5.74) is 3.40. The van der Waals surface area contributed by atoms with Gasteiger partial charge in [0.2, 0.25) is 35.4 Å². The van der Waals surface area contributed by atoms with Gasteiger partial charge in [-0.15, -0.1) is 10.2 Å². The number of phenols is 1. The zero-order valence-corrected chi connectivity index (χ0v) is 53.8. The van der Waals surface area contributed by atoms with Crippen LogP contribution in [0, 0.1) is 5.92 Å². The predicted octanol–water partition coefficient (Wildman–Crippen LogP) is -2.09. The SMILES string of the molecule is COCCOc1ccc(-c2ccc(-c3nnc(-c4ccc(C(=O)NC5C[C@@H](O)CNC(=O)[C@@H]6[C@@H](O)[C@@H](C)CN6C(=O)[C@H]([C@H](O)CCNC(CO)CO)NC(=O)[C@H]([C@H](O)Cc6ccc(O)c(OSOOO)c6)NC(=O)[C@@H]6C[C@@H](O)CN6C(=O)[C@H]([C@@H](C)O)NC5=O)cc4)s3)cc2)cc1. The van der Waals surface area contributed by atoms with Gasteiger partial charge >= 0.3 is 0 Å². The number of ether oxygens (including phenoxy) is 2. The van der Waals surface area contributed by atoms with Gasteiger partial charge in [0, 0.05) is 68.6 Å². The number of benzene rings is 4. The number of phenolic OH excluding ortho intramolecular Hbond substituents is 1. The standard InChI is InChI=1S/C62H78N10O22S2/c1-31-27-72-52(53(31)81)58(86)64-26-40(76)24-43(65-54(82)36-7-11-38(12-8-36)60-70-69-59(95-60)37-9-5-34(6-10-37)35-13-15-42(16-14-35)91-21-20-90-3)55(83)66-49(32(2)75)61(87)71-28-41(77)25-44(71)56(84)67-50(47(80)22-33-4-17-45(78)48(23-33)92-96-94-93-89)57(85)68-51(62(72)88)46(79)18-19-63-39(29-73)30-74/h4-17,23,31-32,39-41,43-44,46-47,49-53,63,73-81,89H,18-22,24-30H2,1-3H3,(H,64,86)(H,65,82)(H,66,83)(H,67,84)(H,68,85)/t31-,32+,40+,41+,43?,44-,46+,47+,49-,50-,51-,52-,53-/m0/s1. The maximum Gasteiger partial charge on any atom is 0.261 e. The maximum atomic E-state index is 15.0. The number of nitrogens with zero attached hydrogens (tertiary/aromatic N) is 4. The highest BCUT2D eigenvalue weighted by Gasteiger charge is 2.50. The molecule has 16 N–H and O–H groups in total. The summed E-state index contributed by atoms with van der Waals surface area (Å²) in [6, 6.07) is 12.6. The minimum absolute atomic E-state index is 0.000156. The van der Waals surface area contributed by atoms with Crippen LogP contribution in [-0.4, -0.2) is 251 Å². The lowest BCUT2D eigenvalue weighted by atomic mass is 9.98. The van der Waals surface area contributed by atoms with Crippen molar-refractivity contribution >= 4 is 65.0 Å². The Morgan fingerprint density at radius 1 is 0.729 bits per heavy atom. The molecular weight excluding hydrogens is 1300 g/mol. The quantitative estimate of drug-likeness (QED) is 0.0136. The van der Waals surface area contributed by atoms with Crippen LogP contribution in [0.25, 0.3) is 32.3 Å². The average Bonchev–Trinajstić information content (AvgIpc) is 1.64. The van der Waals surface area contributed by atoms with Gasteiger partial charge in [-0.05, 0) is 73.0 Å². The fourth-order valence-electron chi connectivity index (χ4n) is 11.1. The van der Waals surface area contributed by atoms with Crippen LogP contribution in [0.1, 0.15) is 49.0 Å². The number of carbonyl (C=O) groups is 7. The topological polar surface area (TPSA) is 472 Å². The molecule has 13 atom stereocenters. The lowest BCUT2D eigenvalue weighted by Crippen LogP contribution is -2.64. The molecule has 7 amide bonds. The number of fused-ring (bicyclic) bond motifs is 2. The number of aromatic nitrogens is 2. The Kier molecular flexibility index (Phi) is 26.7. The average molecular weight is 1380 g/mol. The number of rotatable bonds is 24. The van der Waals surface area contributed by atoms with Crippen molar-refractivity contribution in [2.75, 3.05) is 59.7 Å². The fourth-order valence-corrected chi connectivity index (χ4v) is 12.2. The lowest BCUT2D eigenvalue weighted by molar-refractivity contribution is -0.433. The Morgan fingerprint density at radius 2 is 1.34 bits per heavy atom. The van der Waals surface area contributed by atoms with Crippen LogP contribution in [0.5, 0.6) is 17.2 Å². The summed E-state index contributed by atoms with van der Waals surface area (Å²) in [5.74, 6) is -8.96. The number of nitrogens with one attached hydrogen (secondary N) is 6. The van der Waals surface area contributed by atoms with Gasteiger partial charge in [-0.2, -0.15) is 0 Å². The van der Waals surface area contributed by atoms with E-state index in [1.165, 1.54) is 36.5 Å². The van der Waals surface area contributed by atoms with Gasteiger partial charge in [-0.1, -0.05) is 82.2 Å². The Bertz CT molecular complexity index is 3450. The molecule has 520 valence electrons. The van der Waals surface area contributed by atoms with Crippen LogP contribution < -0.4 is 40.8 Å². The minimum atomic E-state index is -2.17. The van der Waals surface area contributed by atoms with E-state index in [4.69, 9.17) is 18.9 Å². The van der Waals surface area contributed by atoms with Gasteiger partial charge < -0.3 is 101 Å². The third-order valence-corrected chi connectivity index (χ3v) is 17.8. The van der Waals surface area contributed by atoms with Crippen LogP contribution in [0.4, 0.5) is 0 Å². The van der Waals surface area contributed by atoms with Crippen molar-refractivity contribution in [1.82, 2.24) is 51.9 Å². The number of methoxy groups -OCH3 is 1. The Morgan fingerprint density at radius 3 is 1.98 bits per heavy atom. The molecule has 0 aliphatic carbocycles. The summed E-state index contributed by atoms with van der Waals surface area (Å²) in [5, 5.41) is 136. The fraction of sp³-hybridized carbons (Fsp3) is 0.468. The first kappa shape index (κ1) is 73.8. The van der Waals surface area contributed by atoms with Crippen LogP contribution in [0.3, 0.4) is 0 Å². The second-order valence-electron chi connectivity index (χ2n) is 23.3. The number of carbonyl (C=O) groups excluding carboxylic acids is 7. The molecule has 32 nitrogen and oxygen atoms in total. The number of aromatic hydroxyl groups is 1. The van der Waals surface area contributed by atoms with E-state index in [0.29, 0.717) is 34.5 Å². The number of aliphatic hydroxyl groups excluding tert-OH is 8. The molecule has 3 aliphatic rings. The van der Waals surface area contributed by atoms with E-state index < -0.39 is 184 Å². The number of hydrogen-bond acceptors (Lipinski definition) is 27. The van der Waals surface area contributed by atoms with E-state index in [9.17, 15) is 79.5 Å². The number of amides is 7. The highest BCUT2D eigenvalue weighted by Crippen LogP contribution is 2.34. The van der Waals surface area contributed by atoms with Crippen LogP contribution in [0.15, 0.2) is 91.0 Å². The number of β-amino-alcohol motifs (C(OH)–C–C–N with tert-alkyl or cyclic N) is 1. The monoisotopic (exact) mass is 1380 g/mol. The van der Waals surface area contributed by atoms with Crippen molar-refractivity contribution < 1.29 is 108 Å². The van der Waals surface area contributed by atoms with Gasteiger partial charge in [0.1, 0.15) is 58.6 Å². The summed E-state index contributed by atoms with van der Waals surface area (Å²) < 4.78 is 20.1. The van der Waals surface area contributed by atoms with E-state index >= 15 is 0 Å². The van der Waals surface area contributed by atoms with Crippen molar-refractivity contribution in [3.8, 4) is 49.5 Å². The molecule has 3 aliphatic heterocycles. The molecule has 8 rings (SSSR count). The van der Waals surface area contributed by atoms with Gasteiger partial charge in [0.05, 0.1) is 62.5 Å². The smallest absolute Gasteiger partial charge is 0.261 e. The highest BCUT2D eigenvalue weighted by molar-refractivity contribution is 7.90. The van der Waals surface area contributed by atoms with E-state index in [0.717, 1.165) is 45.5 Å². The van der Waals surface area contributed by atoms with Gasteiger partial charge in [0.15, 0.2) is 11.5 Å². The normalized spacial score (nSPS) is 24.2. The molecule has 1 aromatic heterocycles. The molecule has 0 radical (unpaired) electrons. The zero-order chi connectivity index (χ0) is 69.3. The third-order valence-electron chi connectivity index (χ3n) is 16.4. The number of aliphatic hydroxyl groups is 8. The first-order chi connectivity index (χ1) is 46.0. The number of hydrogen-bond donors (Lipinski definition) is 16. The summed E-state index contributed by atoms with van der Waals surface area (Å²) in [6.07, 6.45) is -12.7. The van der Waals surface area contributed by atoms with E-state index in [-0.39, 0.29) is 42.3 Å². The van der Waals surface area contributed by atoms with Crippen molar-refractivity contribution in [3.05, 3.63) is 102 Å². The second kappa shape index (κ2) is 34.8. The summed E-state index contributed by atoms with van der Waals surface area (Å²) >= 11 is 1.35. The summed E-state index contributed by atoms with van der Waals surface area (Å²) in [4.78, 5) is 104. The molecule has 0 saturated carbocycles. The Labute approximate surface area is 558 Å². The second-order valence-corrected chi connectivity index (χ2v) is 24.7. The molecule has 4 aromatic carbocycles. The predicted molar refractivity (Wildman–Crippen MR) is 340 cm³/mol. The molecule has 1 unspecified atom stereocenters. The van der Waals surface area contributed by atoms with Gasteiger partial charge in [0.25, 0.3) is 18.2 Å². The molecule has 96 heavy (non-hydrogen) atoms. The van der Waals surface area contributed by atoms with Crippen LogP contribution in [0.2, 0.25) is 0 Å². The molecule has 34 heteroatoms. The van der Waals surface area contributed by atoms with Crippen molar-refractivity contribution in [1.29, 1.82) is 0 Å². The molecular formula is C62H78N10O22S2. The first-order valence-electron chi connectivity index (χ1n) is 30.6. The molecule has 3 fully saturated rings. The summed E-state index contributed by atoms with van der Waals surface area (Å²) in [6.45, 7) is 0.527. The van der Waals surface area contributed by atoms with Crippen molar-refractivity contribution in [2.45, 2.75) is 118 Å².